The van der Waals surface area contributed by atoms with Gasteiger partial charge in [0, 0.05) is 5.92 Å². The van der Waals surface area contributed by atoms with Gasteiger partial charge in [-0.1, -0.05) is 29.4 Å². The van der Waals surface area contributed by atoms with Crippen LogP contribution in [-0.2, 0) is 13.0 Å². The molecule has 1 aromatic heterocycles. The van der Waals surface area contributed by atoms with Crippen molar-refractivity contribution >= 4 is 0 Å². The minimum Gasteiger partial charge on any atom is -0.388 e. The summed E-state index contributed by atoms with van der Waals surface area (Å²) in [5.41, 5.74) is 2.91. The van der Waals surface area contributed by atoms with E-state index in [0.717, 1.165) is 6.42 Å². The highest BCUT2D eigenvalue weighted by Crippen LogP contribution is 2.64. The van der Waals surface area contributed by atoms with E-state index in [2.05, 4.69) is 34.4 Å². The highest BCUT2D eigenvalue weighted by Gasteiger charge is 2.56. The highest BCUT2D eigenvalue weighted by molar-refractivity contribution is 5.42. The van der Waals surface area contributed by atoms with E-state index >= 15 is 0 Å². The lowest BCUT2D eigenvalue weighted by molar-refractivity contribution is 0.262. The lowest BCUT2D eigenvalue weighted by atomic mass is 9.92. The first-order valence-electron chi connectivity index (χ1n) is 6.39. The summed E-state index contributed by atoms with van der Waals surface area (Å²) in [4.78, 5) is 4.26. The predicted molar refractivity (Wildman–Crippen MR) is 64.0 cm³/mol. The molecule has 1 fully saturated rings. The molecule has 3 atom stereocenters. The Morgan fingerprint density at radius 3 is 3.00 bits per heavy atom. The number of aliphatic hydroxyl groups excluding tert-OH is 1. The fourth-order valence-corrected chi connectivity index (χ4v) is 3.37. The molecule has 1 aromatic carbocycles. The quantitative estimate of drug-likeness (QED) is 0.875. The van der Waals surface area contributed by atoms with Crippen LogP contribution < -0.4 is 0 Å². The summed E-state index contributed by atoms with van der Waals surface area (Å²) in [6, 6.07) is 8.64. The van der Waals surface area contributed by atoms with Gasteiger partial charge in [0.05, 0.1) is 0 Å². The molecule has 0 aliphatic heterocycles. The van der Waals surface area contributed by atoms with Gasteiger partial charge in [-0.3, -0.25) is 0 Å². The molecule has 0 bridgehead atoms. The predicted octanol–water partition coefficient (Wildman–Crippen LogP) is 2.01. The van der Waals surface area contributed by atoms with Crippen LogP contribution in [0.2, 0.25) is 0 Å². The van der Waals surface area contributed by atoms with Crippen molar-refractivity contribution in [3.05, 3.63) is 47.1 Å². The maximum atomic E-state index is 8.98. The van der Waals surface area contributed by atoms with Crippen molar-refractivity contribution in [3.63, 3.8) is 0 Å². The Bertz CT molecular complexity index is 593. The Morgan fingerprint density at radius 1 is 1.28 bits per heavy atom. The van der Waals surface area contributed by atoms with E-state index in [1.807, 2.05) is 0 Å². The summed E-state index contributed by atoms with van der Waals surface area (Å²) >= 11 is 0. The maximum Gasteiger partial charge on any atom is 0.230 e. The number of hydrogen-bond acceptors (Lipinski definition) is 4. The molecule has 4 heteroatoms. The lowest BCUT2D eigenvalue weighted by Gasteiger charge is -2.13. The van der Waals surface area contributed by atoms with Crippen molar-refractivity contribution < 1.29 is 9.63 Å². The molecule has 2 aliphatic rings. The molecule has 18 heavy (non-hydrogen) atoms. The summed E-state index contributed by atoms with van der Waals surface area (Å²) in [6.07, 6.45) is 2.35. The Labute approximate surface area is 105 Å². The Morgan fingerprint density at radius 2 is 2.17 bits per heavy atom. The van der Waals surface area contributed by atoms with Gasteiger partial charge in [-0.05, 0) is 35.8 Å². The topological polar surface area (TPSA) is 59.2 Å². The molecule has 1 N–H and O–H groups in total. The number of hydrogen-bond donors (Lipinski definition) is 1. The van der Waals surface area contributed by atoms with E-state index in [1.54, 1.807) is 0 Å². The van der Waals surface area contributed by atoms with Crippen LogP contribution in [0.1, 0.15) is 41.1 Å². The van der Waals surface area contributed by atoms with E-state index in [4.69, 9.17) is 9.63 Å². The number of benzene rings is 1. The zero-order chi connectivity index (χ0) is 12.1. The Hall–Kier alpha value is -1.68. The van der Waals surface area contributed by atoms with Crippen LogP contribution in [0.5, 0.6) is 0 Å². The molecular weight excluding hydrogens is 228 g/mol. The molecule has 0 spiro atoms. The summed E-state index contributed by atoms with van der Waals surface area (Å²) in [6.45, 7) is -0.151. The van der Waals surface area contributed by atoms with Gasteiger partial charge in [0.25, 0.3) is 0 Å². The van der Waals surface area contributed by atoms with E-state index in [1.165, 1.54) is 17.5 Å². The second-order valence-electron chi connectivity index (χ2n) is 5.16. The van der Waals surface area contributed by atoms with Crippen molar-refractivity contribution in [2.24, 2.45) is 5.92 Å². The number of nitrogens with zero attached hydrogens (tertiary/aromatic N) is 2. The molecule has 1 heterocycles. The van der Waals surface area contributed by atoms with Crippen molar-refractivity contribution in [2.45, 2.75) is 31.3 Å². The average Bonchev–Trinajstić information content (AvgIpc) is 2.98. The zero-order valence-corrected chi connectivity index (χ0v) is 9.91. The number of aliphatic hydroxyl groups is 1. The number of aromatic nitrogens is 2. The third-order valence-electron chi connectivity index (χ3n) is 4.24. The summed E-state index contributed by atoms with van der Waals surface area (Å²) in [5, 5.41) is 12.8. The van der Waals surface area contributed by atoms with Gasteiger partial charge in [0.1, 0.15) is 6.61 Å². The Kier molecular flexibility index (Phi) is 2.08. The Balaban J connectivity index is 1.68. The second-order valence-corrected chi connectivity index (χ2v) is 5.16. The van der Waals surface area contributed by atoms with Gasteiger partial charge in [-0.15, -0.1) is 0 Å². The van der Waals surface area contributed by atoms with E-state index < -0.39 is 0 Å². The van der Waals surface area contributed by atoms with Crippen LogP contribution in [0.3, 0.4) is 0 Å². The number of fused-ring (bicyclic) bond motifs is 3. The molecule has 2 aromatic rings. The summed E-state index contributed by atoms with van der Waals surface area (Å²) in [5.74, 6) is 2.64. The number of rotatable bonds is 2. The van der Waals surface area contributed by atoms with Crippen LogP contribution in [0, 0.1) is 5.92 Å². The smallest absolute Gasteiger partial charge is 0.230 e. The zero-order valence-electron chi connectivity index (χ0n) is 9.91. The third kappa shape index (κ3) is 1.35. The van der Waals surface area contributed by atoms with Gasteiger partial charge >= 0.3 is 0 Å². The summed E-state index contributed by atoms with van der Waals surface area (Å²) in [7, 11) is 0. The normalized spacial score (nSPS) is 28.6. The molecule has 0 saturated heterocycles. The molecular formula is C14H14N2O2. The van der Waals surface area contributed by atoms with Crippen molar-refractivity contribution in [1.82, 2.24) is 10.1 Å². The molecule has 2 aliphatic carbocycles. The minimum absolute atomic E-state index is 0.151. The van der Waals surface area contributed by atoms with Gasteiger partial charge in [0.15, 0.2) is 5.82 Å². The lowest BCUT2D eigenvalue weighted by Crippen LogP contribution is -2.00. The molecule has 92 valence electrons. The average molecular weight is 242 g/mol. The maximum absolute atomic E-state index is 8.98. The monoisotopic (exact) mass is 242 g/mol. The van der Waals surface area contributed by atoms with Crippen LogP contribution in [0.15, 0.2) is 28.8 Å². The van der Waals surface area contributed by atoms with E-state index in [0.29, 0.717) is 29.5 Å². The number of aryl methyl sites for hydroxylation is 1. The van der Waals surface area contributed by atoms with Gasteiger partial charge in [-0.25, -0.2) is 0 Å². The van der Waals surface area contributed by atoms with Gasteiger partial charge in [0.2, 0.25) is 5.89 Å². The van der Waals surface area contributed by atoms with E-state index in [9.17, 15) is 0 Å². The van der Waals surface area contributed by atoms with Gasteiger partial charge < -0.3 is 9.63 Å². The SMILES string of the molecule is OCc1noc(C2C3CCc4ccccc4C32)n1. The molecule has 1 saturated carbocycles. The van der Waals surface area contributed by atoms with E-state index in [-0.39, 0.29) is 6.61 Å². The first-order valence-corrected chi connectivity index (χ1v) is 6.39. The van der Waals surface area contributed by atoms with Crippen molar-refractivity contribution in [1.29, 1.82) is 0 Å². The first kappa shape index (κ1) is 10.3. The third-order valence-corrected chi connectivity index (χ3v) is 4.24. The molecule has 0 radical (unpaired) electrons. The molecule has 4 rings (SSSR count). The molecule has 0 amide bonds. The molecule has 4 nitrogen and oxygen atoms in total. The first-order chi connectivity index (χ1) is 8.88. The minimum atomic E-state index is -0.151. The summed E-state index contributed by atoms with van der Waals surface area (Å²) < 4.78 is 5.27. The van der Waals surface area contributed by atoms with Crippen molar-refractivity contribution in [3.8, 4) is 0 Å². The van der Waals surface area contributed by atoms with Crippen LogP contribution >= 0.6 is 0 Å². The fourth-order valence-electron chi connectivity index (χ4n) is 3.37. The molecule has 3 unspecified atom stereocenters. The second kappa shape index (κ2) is 3.65. The van der Waals surface area contributed by atoms with Gasteiger partial charge in [-0.2, -0.15) is 4.98 Å². The van der Waals surface area contributed by atoms with Crippen LogP contribution in [0.4, 0.5) is 0 Å². The fraction of sp³-hybridized carbons (Fsp3) is 0.429. The van der Waals surface area contributed by atoms with Crippen LogP contribution in [-0.4, -0.2) is 15.2 Å². The largest absolute Gasteiger partial charge is 0.388 e. The highest BCUT2D eigenvalue weighted by atomic mass is 16.5. The van der Waals surface area contributed by atoms with Crippen LogP contribution in [0.25, 0.3) is 0 Å². The standard InChI is InChI=1S/C14H14N2O2/c17-7-11-15-14(18-16-11)13-10-6-5-8-3-1-2-4-9(8)12(10)13/h1-4,10,12-13,17H,5-7H2. The van der Waals surface area contributed by atoms with Crippen molar-refractivity contribution in [2.75, 3.05) is 0 Å².